The minimum atomic E-state index is -1.20. The summed E-state index contributed by atoms with van der Waals surface area (Å²) < 4.78 is 0. The van der Waals surface area contributed by atoms with Crippen molar-refractivity contribution in [3.8, 4) is 0 Å². The molecule has 11 heteroatoms. The molecule has 0 aromatic rings. The van der Waals surface area contributed by atoms with Crippen LogP contribution in [-0.4, -0.2) is 72.3 Å². The summed E-state index contributed by atoms with van der Waals surface area (Å²) in [5.41, 5.74) is 0. The third-order valence-electron chi connectivity index (χ3n) is 0.611. The van der Waals surface area contributed by atoms with Crippen molar-refractivity contribution in [1.29, 1.82) is 0 Å². The zero-order valence-electron chi connectivity index (χ0n) is 11.5. The monoisotopic (exact) mass is 457 g/mol. The summed E-state index contributed by atoms with van der Waals surface area (Å²) in [6.45, 7) is 1.89. The Morgan fingerprint density at radius 1 is 0.850 bits per heavy atom. The second-order valence-corrected chi connectivity index (χ2v) is 1.78. The average Bonchev–Trinajstić information content (AvgIpc) is 2.40. The molecule has 0 saturated carbocycles. The Bertz CT molecular complexity index is 85.5. The first kappa shape index (κ1) is 43.0. The largest absolute Gasteiger partial charge is 3.00 e. The molecule has 0 atom stereocenters. The molecule has 0 aliphatic rings. The minimum absolute atomic E-state index is 0. The standard InChI is InChI=1S/2C3H6O3.CH4O2.CH4O.CH3.2Zr/c2*4-1-3(6)2-5;1-3-2;1-2;;;/h2*1-6H;2H,1H3;2H,1H3;1H3;;/q2*-2;;;-1;+2;+3/p+2. The first-order valence-electron chi connectivity index (χ1n) is 4.03. The van der Waals surface area contributed by atoms with Gasteiger partial charge in [-0.05, 0) is 0 Å². The van der Waals surface area contributed by atoms with Crippen LogP contribution in [-0.2, 0) is 52.4 Å². The normalized spacial score (nSPS) is 7.20. The topological polar surface area (TPSA) is 177 Å². The van der Waals surface area contributed by atoms with Crippen LogP contribution in [0.15, 0.2) is 0 Å². The molecule has 0 aromatic carbocycles. The van der Waals surface area contributed by atoms with Crippen molar-refractivity contribution in [2.75, 3.05) is 14.2 Å². The summed E-state index contributed by atoms with van der Waals surface area (Å²) >= 11 is 0. The van der Waals surface area contributed by atoms with Crippen LogP contribution in [0.5, 0.6) is 0 Å². The molecular formula is C9H25O9Zr2+2. The van der Waals surface area contributed by atoms with E-state index < -0.39 is 12.2 Å². The summed E-state index contributed by atoms with van der Waals surface area (Å²) in [4.78, 5) is 2.50. The van der Waals surface area contributed by atoms with E-state index >= 15 is 0 Å². The predicted molar refractivity (Wildman–Crippen MR) is 63.7 cm³/mol. The van der Waals surface area contributed by atoms with E-state index in [0.717, 1.165) is 0 Å². The molecule has 9 nitrogen and oxygen atoms in total. The number of hydrogen-bond donors (Lipinski definition) is 7. The molecule has 0 unspecified atom stereocenters. The summed E-state index contributed by atoms with van der Waals surface area (Å²) in [6, 6.07) is 0. The van der Waals surface area contributed by atoms with Gasteiger partial charge in [0.25, 0.3) is 0 Å². The van der Waals surface area contributed by atoms with Gasteiger partial charge in [0.1, 0.15) is 7.11 Å². The van der Waals surface area contributed by atoms with Crippen LogP contribution in [0.25, 0.3) is 0 Å². The molecule has 0 amide bonds. The molecule has 0 spiro atoms. The van der Waals surface area contributed by atoms with Gasteiger partial charge >= 0.3 is 52.4 Å². The van der Waals surface area contributed by atoms with E-state index in [9.17, 15) is 0 Å². The number of aliphatic hydroxyl groups is 7. The zero-order valence-corrected chi connectivity index (χ0v) is 16.5. The summed E-state index contributed by atoms with van der Waals surface area (Å²) in [6.07, 6.45) is -2.41. The van der Waals surface area contributed by atoms with Crippen molar-refractivity contribution in [3.63, 3.8) is 0 Å². The summed E-state index contributed by atoms with van der Waals surface area (Å²) in [5, 5.41) is 60.1. The summed E-state index contributed by atoms with van der Waals surface area (Å²) in [5.74, 6) is 0. The van der Waals surface area contributed by atoms with Gasteiger partial charge in [-0.25, -0.2) is 26.4 Å². The fourth-order valence-electron chi connectivity index (χ4n) is 0.0770. The second kappa shape index (κ2) is 49.9. The third kappa shape index (κ3) is 74.3. The Morgan fingerprint density at radius 3 is 0.950 bits per heavy atom. The van der Waals surface area contributed by atoms with Crippen LogP contribution < -0.4 is 0 Å². The number of hydrogen-bond acceptors (Lipinski definition) is 7. The van der Waals surface area contributed by atoms with Gasteiger partial charge in [-0.1, -0.05) is 0 Å². The fraction of sp³-hybridized carbons (Fsp3) is 0.444. The Morgan fingerprint density at radius 2 is 0.950 bits per heavy atom. The van der Waals surface area contributed by atoms with E-state index in [-0.39, 0.29) is 59.8 Å². The molecule has 0 aromatic heterocycles. The first-order chi connectivity index (χ1) is 8.03. The zero-order chi connectivity index (χ0) is 14.7. The maximum atomic E-state index is 8.06. The molecule has 10 N–H and O–H groups in total. The Kier molecular flexibility index (Phi) is 107. The van der Waals surface area contributed by atoms with Crippen LogP contribution in [0, 0.1) is 33.9 Å². The van der Waals surface area contributed by atoms with Crippen LogP contribution in [0.1, 0.15) is 0 Å². The molecule has 121 valence electrons. The molecule has 0 bridgehead atoms. The Hall–Kier alpha value is 1.41. The molecular weight excluding hydrogens is 435 g/mol. The maximum absolute atomic E-state index is 8.06. The van der Waals surface area contributed by atoms with Crippen molar-refractivity contribution in [2.45, 2.75) is 12.2 Å². The van der Waals surface area contributed by atoms with Gasteiger partial charge in [-0.3, -0.25) is 4.89 Å². The van der Waals surface area contributed by atoms with E-state index in [1.807, 2.05) is 0 Å². The number of rotatable bonds is 4. The van der Waals surface area contributed by atoms with E-state index in [4.69, 9.17) is 41.0 Å². The molecule has 20 heavy (non-hydrogen) atoms. The van der Waals surface area contributed by atoms with Gasteiger partial charge in [0.15, 0.2) is 7.11 Å². The van der Waals surface area contributed by atoms with Gasteiger partial charge in [0.05, 0.1) is 0 Å². The van der Waals surface area contributed by atoms with Crippen molar-refractivity contribution in [1.82, 2.24) is 0 Å². The molecule has 0 saturated heterocycles. The van der Waals surface area contributed by atoms with Crippen LogP contribution in [0.2, 0.25) is 0 Å². The van der Waals surface area contributed by atoms with E-state index in [0.29, 0.717) is 26.4 Å². The van der Waals surface area contributed by atoms with Crippen LogP contribution in [0.4, 0.5) is 0 Å². The first-order valence-corrected chi connectivity index (χ1v) is 4.03. The van der Waals surface area contributed by atoms with Crippen LogP contribution >= 0.6 is 0 Å². The molecule has 0 aliphatic heterocycles. The summed E-state index contributed by atoms with van der Waals surface area (Å²) in [7, 11) is 2.56. The quantitative estimate of drug-likeness (QED) is 0.113. The van der Waals surface area contributed by atoms with Crippen molar-refractivity contribution in [2.24, 2.45) is 0 Å². The van der Waals surface area contributed by atoms with Crippen molar-refractivity contribution in [3.05, 3.63) is 33.9 Å². The molecule has 0 fully saturated rings. The fourth-order valence-corrected chi connectivity index (χ4v) is 0.0770. The average molecular weight is 460 g/mol. The van der Waals surface area contributed by atoms with E-state index in [1.54, 1.807) is 0 Å². The molecule has 1 radical (unpaired) electrons. The van der Waals surface area contributed by atoms with Gasteiger partial charge in [0.2, 0.25) is 0 Å². The molecule has 0 rings (SSSR count). The SMILES string of the molecule is C[OH+]O.C[OH2+].O[CH-]C(O)[CH-]O.O[CH-]C(O)[CH-]O.[CH3-].[Zr+2].[Zr+3]. The minimum Gasteiger partial charge on any atom is -0.566 e. The Labute approximate surface area is 158 Å². The van der Waals surface area contributed by atoms with E-state index in [1.165, 1.54) is 14.2 Å². The molecule has 0 heterocycles. The van der Waals surface area contributed by atoms with Crippen molar-refractivity contribution < 1.29 is 98.3 Å². The third-order valence-corrected chi connectivity index (χ3v) is 0.611. The van der Waals surface area contributed by atoms with Gasteiger partial charge in [-0.15, -0.1) is 5.26 Å². The van der Waals surface area contributed by atoms with Gasteiger partial charge in [-0.2, -0.15) is 12.2 Å². The van der Waals surface area contributed by atoms with Gasteiger partial charge in [0, 0.05) is 0 Å². The Balaban J connectivity index is -0.0000000231. The second-order valence-electron chi connectivity index (χ2n) is 1.78. The smallest absolute Gasteiger partial charge is 0.566 e. The molecule has 0 aliphatic carbocycles. The van der Waals surface area contributed by atoms with Gasteiger partial charge < -0.3 is 43.2 Å². The number of aliphatic hydroxyl groups excluding tert-OH is 6. The maximum Gasteiger partial charge on any atom is 3.00 e. The predicted octanol–water partition coefficient (Wildman–Crippen LogP) is -1.76. The van der Waals surface area contributed by atoms with E-state index in [2.05, 4.69) is 4.89 Å². The van der Waals surface area contributed by atoms with Crippen molar-refractivity contribution >= 4 is 0 Å². The van der Waals surface area contributed by atoms with Crippen LogP contribution in [0.3, 0.4) is 0 Å².